The van der Waals surface area contributed by atoms with E-state index < -0.39 is 0 Å². The molecule has 0 spiro atoms. The Labute approximate surface area is 139 Å². The first-order valence-corrected chi connectivity index (χ1v) is 9.46. The van der Waals surface area contributed by atoms with Crippen LogP contribution in [0.2, 0.25) is 0 Å². The van der Waals surface area contributed by atoms with Gasteiger partial charge in [-0.3, -0.25) is 9.80 Å². The number of piperidine rings is 1. The van der Waals surface area contributed by atoms with E-state index in [1.165, 1.54) is 58.3 Å². The average molecular weight is 318 g/mol. The standard InChI is InChI=1S/C18H30N4O/c1-13(2)18-19-17(23-20-18)12-21-8-15-6-7-16(11-21)22(10-15)9-14-4-3-5-14/h13-16H,3-12H2,1-2H3/t15-,16+/m1/s1. The number of aromatic nitrogens is 2. The van der Waals surface area contributed by atoms with Gasteiger partial charge in [0.1, 0.15) is 0 Å². The summed E-state index contributed by atoms with van der Waals surface area (Å²) in [5, 5.41) is 4.11. The zero-order valence-electron chi connectivity index (χ0n) is 14.6. The van der Waals surface area contributed by atoms with E-state index in [-0.39, 0.29) is 0 Å². The fourth-order valence-corrected chi connectivity index (χ4v) is 4.39. The molecule has 4 aliphatic rings. The number of fused-ring (bicyclic) bond motifs is 4. The van der Waals surface area contributed by atoms with Gasteiger partial charge >= 0.3 is 0 Å². The first-order valence-electron chi connectivity index (χ1n) is 9.46. The van der Waals surface area contributed by atoms with E-state index in [4.69, 9.17) is 4.52 Å². The van der Waals surface area contributed by atoms with Gasteiger partial charge in [-0.25, -0.2) is 0 Å². The van der Waals surface area contributed by atoms with Crippen LogP contribution in [0, 0.1) is 11.8 Å². The third kappa shape index (κ3) is 3.45. The number of hydrogen-bond donors (Lipinski definition) is 0. The molecule has 23 heavy (non-hydrogen) atoms. The summed E-state index contributed by atoms with van der Waals surface area (Å²) < 4.78 is 5.46. The van der Waals surface area contributed by atoms with Crippen LogP contribution >= 0.6 is 0 Å². The number of hydrogen-bond acceptors (Lipinski definition) is 5. The van der Waals surface area contributed by atoms with Gasteiger partial charge in [0, 0.05) is 38.1 Å². The molecule has 1 aromatic rings. The van der Waals surface area contributed by atoms with Crippen LogP contribution in [0.1, 0.15) is 63.6 Å². The fraction of sp³-hybridized carbons (Fsp3) is 0.889. The van der Waals surface area contributed by atoms with Gasteiger partial charge in [-0.05, 0) is 37.5 Å². The molecule has 2 bridgehead atoms. The molecule has 0 aromatic carbocycles. The maximum absolute atomic E-state index is 5.46. The molecular weight excluding hydrogens is 288 g/mol. The smallest absolute Gasteiger partial charge is 0.240 e. The predicted molar refractivity (Wildman–Crippen MR) is 89.1 cm³/mol. The van der Waals surface area contributed by atoms with E-state index in [1.54, 1.807) is 0 Å². The number of nitrogens with zero attached hydrogens (tertiary/aromatic N) is 4. The summed E-state index contributed by atoms with van der Waals surface area (Å²) in [4.78, 5) is 9.91. The Hall–Kier alpha value is -0.940. The van der Waals surface area contributed by atoms with Crippen molar-refractivity contribution in [2.24, 2.45) is 11.8 Å². The Balaban J connectivity index is 1.38. The largest absolute Gasteiger partial charge is 0.338 e. The van der Waals surface area contributed by atoms with Crippen LogP contribution in [0.4, 0.5) is 0 Å². The second-order valence-corrected chi connectivity index (χ2v) is 8.24. The van der Waals surface area contributed by atoms with Gasteiger partial charge in [0.25, 0.3) is 0 Å². The quantitative estimate of drug-likeness (QED) is 0.835. The van der Waals surface area contributed by atoms with Gasteiger partial charge in [0.05, 0.1) is 6.54 Å². The first kappa shape index (κ1) is 15.6. The lowest BCUT2D eigenvalue weighted by Gasteiger charge is -2.40. The average Bonchev–Trinajstić information content (AvgIpc) is 2.77. The molecule has 0 unspecified atom stereocenters. The van der Waals surface area contributed by atoms with E-state index in [9.17, 15) is 0 Å². The topological polar surface area (TPSA) is 45.4 Å². The summed E-state index contributed by atoms with van der Waals surface area (Å²) in [6, 6.07) is 0.738. The SMILES string of the molecule is CC(C)c1noc(CN2C[C@H]3CC[C@@H](C2)N(CC2CCC2)C3)n1. The fourth-order valence-electron chi connectivity index (χ4n) is 4.39. The predicted octanol–water partition coefficient (Wildman–Crippen LogP) is 2.89. The van der Waals surface area contributed by atoms with Crippen molar-refractivity contribution in [3.05, 3.63) is 11.7 Å². The van der Waals surface area contributed by atoms with Crippen molar-refractivity contribution in [3.63, 3.8) is 0 Å². The Morgan fingerprint density at radius 1 is 1.13 bits per heavy atom. The molecule has 2 atom stereocenters. The maximum Gasteiger partial charge on any atom is 0.240 e. The van der Waals surface area contributed by atoms with Crippen LogP contribution in [0.3, 0.4) is 0 Å². The second-order valence-electron chi connectivity index (χ2n) is 8.24. The summed E-state index contributed by atoms with van der Waals surface area (Å²) in [6.07, 6.45) is 7.13. The highest BCUT2D eigenvalue weighted by atomic mass is 16.5. The molecule has 5 nitrogen and oxygen atoms in total. The molecule has 4 heterocycles. The maximum atomic E-state index is 5.46. The van der Waals surface area contributed by atoms with Crippen LogP contribution in [-0.2, 0) is 6.54 Å². The molecule has 0 amide bonds. The summed E-state index contributed by atoms with van der Waals surface area (Å²) in [6.45, 7) is 10.0. The molecule has 3 aliphatic heterocycles. The van der Waals surface area contributed by atoms with Crippen molar-refractivity contribution >= 4 is 0 Å². The minimum Gasteiger partial charge on any atom is -0.338 e. The molecule has 4 fully saturated rings. The third-order valence-electron chi connectivity index (χ3n) is 5.98. The van der Waals surface area contributed by atoms with Crippen LogP contribution in [-0.4, -0.2) is 52.2 Å². The highest BCUT2D eigenvalue weighted by Gasteiger charge is 2.36. The van der Waals surface area contributed by atoms with Crippen LogP contribution in [0.5, 0.6) is 0 Å². The molecular formula is C18H30N4O. The first-order chi connectivity index (χ1) is 11.2. The zero-order chi connectivity index (χ0) is 15.8. The molecule has 1 aromatic heterocycles. The molecule has 0 radical (unpaired) electrons. The minimum atomic E-state index is 0.339. The lowest BCUT2D eigenvalue weighted by atomic mass is 9.83. The molecule has 1 saturated carbocycles. The molecule has 5 heteroatoms. The van der Waals surface area contributed by atoms with Gasteiger partial charge in [0.15, 0.2) is 5.82 Å². The minimum absolute atomic E-state index is 0.339. The van der Waals surface area contributed by atoms with Crippen LogP contribution in [0.25, 0.3) is 0 Å². The van der Waals surface area contributed by atoms with Gasteiger partial charge in [-0.1, -0.05) is 25.4 Å². The van der Waals surface area contributed by atoms with Crippen molar-refractivity contribution in [1.82, 2.24) is 19.9 Å². The highest BCUT2D eigenvalue weighted by Crippen LogP contribution is 2.33. The Morgan fingerprint density at radius 3 is 2.70 bits per heavy atom. The summed E-state index contributed by atoms with van der Waals surface area (Å²) in [7, 11) is 0. The summed E-state index contributed by atoms with van der Waals surface area (Å²) in [5.74, 6) is 3.77. The third-order valence-corrected chi connectivity index (χ3v) is 5.98. The highest BCUT2D eigenvalue weighted by molar-refractivity contribution is 4.95. The molecule has 5 rings (SSSR count). The van der Waals surface area contributed by atoms with Crippen molar-refractivity contribution < 1.29 is 4.52 Å². The van der Waals surface area contributed by atoms with E-state index in [2.05, 4.69) is 33.8 Å². The van der Waals surface area contributed by atoms with Gasteiger partial charge in [-0.15, -0.1) is 0 Å². The van der Waals surface area contributed by atoms with Crippen molar-refractivity contribution in [3.8, 4) is 0 Å². The van der Waals surface area contributed by atoms with Crippen LogP contribution < -0.4 is 0 Å². The summed E-state index contributed by atoms with van der Waals surface area (Å²) in [5.41, 5.74) is 0. The monoisotopic (exact) mass is 318 g/mol. The van der Waals surface area contributed by atoms with Crippen molar-refractivity contribution in [2.75, 3.05) is 26.2 Å². The molecule has 1 aliphatic carbocycles. The Kier molecular flexibility index (Phi) is 4.41. The lowest BCUT2D eigenvalue weighted by molar-refractivity contribution is 0.0887. The number of rotatable bonds is 5. The van der Waals surface area contributed by atoms with E-state index >= 15 is 0 Å². The lowest BCUT2D eigenvalue weighted by Crippen LogP contribution is -2.46. The van der Waals surface area contributed by atoms with E-state index in [1.807, 2.05) is 0 Å². The molecule has 128 valence electrons. The van der Waals surface area contributed by atoms with Gasteiger partial charge in [0.2, 0.25) is 5.89 Å². The molecule has 3 saturated heterocycles. The zero-order valence-corrected chi connectivity index (χ0v) is 14.6. The Morgan fingerprint density at radius 2 is 2.00 bits per heavy atom. The van der Waals surface area contributed by atoms with E-state index in [0.29, 0.717) is 5.92 Å². The summed E-state index contributed by atoms with van der Waals surface area (Å²) >= 11 is 0. The normalized spacial score (nSPS) is 29.9. The second kappa shape index (κ2) is 6.52. The van der Waals surface area contributed by atoms with Crippen molar-refractivity contribution in [2.45, 2.75) is 64.5 Å². The van der Waals surface area contributed by atoms with Gasteiger partial charge < -0.3 is 4.52 Å². The van der Waals surface area contributed by atoms with Gasteiger partial charge in [-0.2, -0.15) is 4.98 Å². The van der Waals surface area contributed by atoms with Crippen molar-refractivity contribution in [1.29, 1.82) is 0 Å². The Bertz CT molecular complexity index is 525. The van der Waals surface area contributed by atoms with Crippen LogP contribution in [0.15, 0.2) is 4.52 Å². The van der Waals surface area contributed by atoms with E-state index in [0.717, 1.165) is 36.1 Å². The molecule has 0 N–H and O–H groups in total.